The van der Waals surface area contributed by atoms with Gasteiger partial charge in [0.15, 0.2) is 23.0 Å². The van der Waals surface area contributed by atoms with E-state index in [9.17, 15) is 4.79 Å². The summed E-state index contributed by atoms with van der Waals surface area (Å²) in [6.07, 6.45) is 0.723. The third-order valence-electron chi connectivity index (χ3n) is 4.40. The Bertz CT molecular complexity index is 1000. The van der Waals surface area contributed by atoms with Crippen LogP contribution in [0.2, 0.25) is 5.02 Å². The predicted molar refractivity (Wildman–Crippen MR) is 121 cm³/mol. The molecule has 0 N–H and O–H groups in total. The average molecular weight is 441 g/mol. The minimum atomic E-state index is 0.249. The summed E-state index contributed by atoms with van der Waals surface area (Å²) in [7, 11) is 0. The predicted octanol–water partition coefficient (Wildman–Crippen LogP) is 6.11. The van der Waals surface area contributed by atoms with E-state index in [1.54, 1.807) is 12.1 Å². The van der Waals surface area contributed by atoms with Crippen molar-refractivity contribution in [1.29, 1.82) is 0 Å². The largest absolute Gasteiger partial charge is 0.490 e. The Morgan fingerprint density at radius 2 is 1.45 bits per heavy atom. The zero-order chi connectivity index (χ0) is 22.1. The van der Waals surface area contributed by atoms with Crippen molar-refractivity contribution < 1.29 is 23.7 Å². The molecule has 0 saturated carbocycles. The highest BCUT2D eigenvalue weighted by Crippen LogP contribution is 2.37. The summed E-state index contributed by atoms with van der Waals surface area (Å²) in [6, 6.07) is 18.8. The van der Waals surface area contributed by atoms with Crippen LogP contribution in [0.3, 0.4) is 0 Å². The zero-order valence-electron chi connectivity index (χ0n) is 17.6. The molecule has 3 aromatic rings. The van der Waals surface area contributed by atoms with Gasteiger partial charge in [-0.1, -0.05) is 48.0 Å². The molecule has 0 saturated heterocycles. The topological polar surface area (TPSA) is 54.0 Å². The molecule has 0 aromatic heterocycles. The maximum atomic E-state index is 11.1. The van der Waals surface area contributed by atoms with Gasteiger partial charge in [-0.2, -0.15) is 0 Å². The third-order valence-corrected chi connectivity index (χ3v) is 4.68. The Balaban J connectivity index is 1.75. The fourth-order valence-electron chi connectivity index (χ4n) is 2.98. The number of aldehydes is 1. The second kappa shape index (κ2) is 11.3. The van der Waals surface area contributed by atoms with Gasteiger partial charge in [0.05, 0.1) is 18.2 Å². The molecule has 0 aliphatic carbocycles. The van der Waals surface area contributed by atoms with Crippen molar-refractivity contribution in [1.82, 2.24) is 0 Å². The van der Waals surface area contributed by atoms with Crippen LogP contribution in [0.5, 0.6) is 23.0 Å². The van der Waals surface area contributed by atoms with Crippen molar-refractivity contribution in [3.63, 3.8) is 0 Å². The molecule has 5 nitrogen and oxygen atoms in total. The quantitative estimate of drug-likeness (QED) is 0.337. The first-order valence-corrected chi connectivity index (χ1v) is 10.5. The minimum Gasteiger partial charge on any atom is -0.490 e. The molecule has 31 heavy (non-hydrogen) atoms. The van der Waals surface area contributed by atoms with Crippen molar-refractivity contribution in [2.75, 3.05) is 13.2 Å². The van der Waals surface area contributed by atoms with Crippen LogP contribution >= 0.6 is 11.6 Å². The highest BCUT2D eigenvalue weighted by atomic mass is 35.5. The molecule has 0 bridgehead atoms. The highest BCUT2D eigenvalue weighted by molar-refractivity contribution is 6.32. The third kappa shape index (κ3) is 6.15. The lowest BCUT2D eigenvalue weighted by molar-refractivity contribution is 0.112. The van der Waals surface area contributed by atoms with Gasteiger partial charge in [0.1, 0.15) is 19.5 Å². The molecule has 0 aliphatic rings. The van der Waals surface area contributed by atoms with Crippen molar-refractivity contribution >= 4 is 17.9 Å². The molecule has 0 unspecified atom stereocenters. The first-order chi connectivity index (χ1) is 15.1. The van der Waals surface area contributed by atoms with Crippen LogP contribution in [0.4, 0.5) is 0 Å². The molecular weight excluding hydrogens is 416 g/mol. The monoisotopic (exact) mass is 440 g/mol. The Morgan fingerprint density at radius 3 is 2.16 bits per heavy atom. The molecule has 0 radical (unpaired) electrons. The van der Waals surface area contributed by atoms with E-state index < -0.39 is 0 Å². The first kappa shape index (κ1) is 22.5. The second-order valence-electron chi connectivity index (χ2n) is 6.66. The molecule has 0 aliphatic heterocycles. The van der Waals surface area contributed by atoms with E-state index >= 15 is 0 Å². The van der Waals surface area contributed by atoms with Gasteiger partial charge in [0.25, 0.3) is 0 Å². The molecule has 0 fully saturated rings. The van der Waals surface area contributed by atoms with E-state index in [1.807, 2.05) is 62.4 Å². The molecule has 0 atom stereocenters. The molecule has 162 valence electrons. The van der Waals surface area contributed by atoms with Crippen LogP contribution < -0.4 is 18.9 Å². The number of carbonyl (C=O) groups is 1. The number of benzene rings is 3. The maximum absolute atomic E-state index is 11.1. The zero-order valence-corrected chi connectivity index (χ0v) is 18.4. The number of rotatable bonds is 11. The van der Waals surface area contributed by atoms with Gasteiger partial charge < -0.3 is 18.9 Å². The van der Waals surface area contributed by atoms with Crippen LogP contribution in [0.15, 0.2) is 60.7 Å². The van der Waals surface area contributed by atoms with Crippen molar-refractivity contribution in [2.45, 2.75) is 27.1 Å². The Morgan fingerprint density at radius 1 is 0.742 bits per heavy atom. The summed E-state index contributed by atoms with van der Waals surface area (Å²) < 4.78 is 23.2. The average Bonchev–Trinajstić information content (AvgIpc) is 2.79. The maximum Gasteiger partial charge on any atom is 0.180 e. The Hall–Kier alpha value is -3.18. The Labute approximate surface area is 187 Å². The van der Waals surface area contributed by atoms with E-state index in [4.69, 9.17) is 30.5 Å². The summed E-state index contributed by atoms with van der Waals surface area (Å²) in [6.45, 7) is 5.42. The summed E-state index contributed by atoms with van der Waals surface area (Å²) >= 11 is 6.31. The van der Waals surface area contributed by atoms with Gasteiger partial charge in [-0.05, 0) is 49.2 Å². The van der Waals surface area contributed by atoms with Crippen molar-refractivity contribution in [3.05, 3.63) is 82.4 Å². The van der Waals surface area contributed by atoms with E-state index in [2.05, 4.69) is 0 Å². The van der Waals surface area contributed by atoms with E-state index in [0.29, 0.717) is 53.4 Å². The van der Waals surface area contributed by atoms with Crippen molar-refractivity contribution in [3.8, 4) is 23.0 Å². The van der Waals surface area contributed by atoms with E-state index in [0.717, 1.165) is 17.4 Å². The van der Waals surface area contributed by atoms with Gasteiger partial charge in [0, 0.05) is 5.56 Å². The van der Waals surface area contributed by atoms with Crippen LogP contribution in [-0.4, -0.2) is 19.5 Å². The molecule has 0 amide bonds. The fraction of sp³-hybridized carbons (Fsp3) is 0.240. The summed E-state index contributed by atoms with van der Waals surface area (Å²) in [4.78, 5) is 11.1. The lowest BCUT2D eigenvalue weighted by Gasteiger charge is -2.16. The van der Waals surface area contributed by atoms with Gasteiger partial charge in [-0.25, -0.2) is 0 Å². The number of hydrogen-bond donors (Lipinski definition) is 0. The molecule has 3 aromatic carbocycles. The standard InChI is InChI=1S/C25H25ClO5/c1-3-28-23-13-19(10-11-22(23)30-16-18-8-6-5-7-9-18)17-31-25-21(26)12-20(15-27)14-24(25)29-4-2/h5-15H,3-4,16-17H2,1-2H3. The van der Waals surface area contributed by atoms with Crippen LogP contribution in [0, 0.1) is 0 Å². The molecule has 0 heterocycles. The van der Waals surface area contributed by atoms with Crippen LogP contribution in [0.1, 0.15) is 35.3 Å². The lowest BCUT2D eigenvalue weighted by Crippen LogP contribution is -2.03. The molecule has 6 heteroatoms. The molecule has 3 rings (SSSR count). The molecular formula is C25H25ClO5. The Kier molecular flexibility index (Phi) is 8.19. The minimum absolute atomic E-state index is 0.249. The van der Waals surface area contributed by atoms with Gasteiger partial charge in [-0.3, -0.25) is 4.79 Å². The summed E-state index contributed by atoms with van der Waals surface area (Å²) in [5.74, 6) is 2.14. The number of carbonyl (C=O) groups excluding carboxylic acids is 1. The summed E-state index contributed by atoms with van der Waals surface area (Å²) in [5, 5.41) is 0.320. The van der Waals surface area contributed by atoms with Gasteiger partial charge in [-0.15, -0.1) is 0 Å². The van der Waals surface area contributed by atoms with Crippen LogP contribution in [-0.2, 0) is 13.2 Å². The van der Waals surface area contributed by atoms with E-state index in [-0.39, 0.29) is 6.61 Å². The van der Waals surface area contributed by atoms with Crippen LogP contribution in [0.25, 0.3) is 0 Å². The fourth-order valence-corrected chi connectivity index (χ4v) is 3.25. The van der Waals surface area contributed by atoms with E-state index in [1.165, 1.54) is 0 Å². The number of ether oxygens (including phenoxy) is 4. The first-order valence-electron chi connectivity index (χ1n) is 10.1. The lowest BCUT2D eigenvalue weighted by atomic mass is 10.2. The van der Waals surface area contributed by atoms with Gasteiger partial charge in [0.2, 0.25) is 0 Å². The smallest absolute Gasteiger partial charge is 0.180 e. The molecule has 0 spiro atoms. The van der Waals surface area contributed by atoms with Gasteiger partial charge >= 0.3 is 0 Å². The number of hydrogen-bond acceptors (Lipinski definition) is 5. The summed E-state index contributed by atoms with van der Waals surface area (Å²) in [5.41, 5.74) is 2.39. The normalized spacial score (nSPS) is 10.4. The van der Waals surface area contributed by atoms with Crippen molar-refractivity contribution in [2.24, 2.45) is 0 Å². The SMILES string of the molecule is CCOc1cc(COc2c(Cl)cc(C=O)cc2OCC)ccc1OCc1ccccc1. The second-order valence-corrected chi connectivity index (χ2v) is 7.07. The number of halogens is 1. The highest BCUT2D eigenvalue weighted by Gasteiger charge is 2.14.